The summed E-state index contributed by atoms with van der Waals surface area (Å²) in [4.78, 5) is 0. The highest BCUT2D eigenvalue weighted by Gasteiger charge is 2.19. The summed E-state index contributed by atoms with van der Waals surface area (Å²) in [6.45, 7) is 5.38. The minimum atomic E-state index is -3.19. The van der Waals surface area contributed by atoms with Crippen molar-refractivity contribution in [1.29, 1.82) is 0 Å². The maximum Gasteiger partial charge on any atom is 0.214 e. The van der Waals surface area contributed by atoms with Gasteiger partial charge in [0.05, 0.1) is 12.4 Å². The predicted molar refractivity (Wildman–Crippen MR) is 66.0 cm³/mol. The molecule has 0 atom stereocenters. The van der Waals surface area contributed by atoms with Crippen LogP contribution in [-0.4, -0.2) is 58.9 Å². The van der Waals surface area contributed by atoms with E-state index in [2.05, 4.69) is 11.9 Å². The van der Waals surface area contributed by atoms with Crippen LogP contribution in [0.15, 0.2) is 12.7 Å². The molecule has 0 saturated carbocycles. The van der Waals surface area contributed by atoms with Crippen molar-refractivity contribution in [3.63, 3.8) is 0 Å². The van der Waals surface area contributed by atoms with Crippen LogP contribution in [0.25, 0.3) is 0 Å². The monoisotopic (exact) mass is 250 g/mol. The van der Waals surface area contributed by atoms with E-state index in [-0.39, 0.29) is 5.75 Å². The smallest absolute Gasteiger partial charge is 0.214 e. The first kappa shape index (κ1) is 15.6. The normalized spacial score (nSPS) is 11.9. The highest BCUT2D eigenvalue weighted by atomic mass is 32.2. The number of hydrogen-bond donors (Lipinski definition) is 1. The third-order valence-corrected chi connectivity index (χ3v) is 4.02. The summed E-state index contributed by atoms with van der Waals surface area (Å²) in [6.07, 6.45) is 2.20. The summed E-state index contributed by atoms with van der Waals surface area (Å²) in [5, 5.41) is 2.93. The minimum Gasteiger partial charge on any atom is -0.383 e. The molecule has 0 saturated heterocycles. The fourth-order valence-electron chi connectivity index (χ4n) is 1.24. The van der Waals surface area contributed by atoms with Gasteiger partial charge in [-0.15, -0.1) is 6.58 Å². The Bertz CT molecular complexity index is 278. The fraction of sp³-hybridized carbons (Fsp3) is 0.800. The van der Waals surface area contributed by atoms with Gasteiger partial charge in [0, 0.05) is 20.2 Å². The van der Waals surface area contributed by atoms with Gasteiger partial charge < -0.3 is 10.1 Å². The molecule has 0 aliphatic heterocycles. The van der Waals surface area contributed by atoms with E-state index in [1.54, 1.807) is 20.2 Å². The van der Waals surface area contributed by atoms with Crippen LogP contribution < -0.4 is 5.32 Å². The van der Waals surface area contributed by atoms with Crippen molar-refractivity contribution in [2.24, 2.45) is 0 Å². The SMILES string of the molecule is C=CCN(CCOC)S(=O)(=O)CCCNC. The Kier molecular flexibility index (Phi) is 8.46. The Morgan fingerprint density at radius 3 is 2.69 bits per heavy atom. The van der Waals surface area contributed by atoms with Gasteiger partial charge in [0.25, 0.3) is 0 Å². The first-order valence-corrected chi connectivity index (χ1v) is 6.91. The molecule has 0 spiro atoms. The van der Waals surface area contributed by atoms with Crippen LogP contribution in [0, 0.1) is 0 Å². The molecule has 0 unspecified atom stereocenters. The van der Waals surface area contributed by atoms with Gasteiger partial charge in [-0.05, 0) is 20.0 Å². The van der Waals surface area contributed by atoms with Gasteiger partial charge in [-0.1, -0.05) is 6.08 Å². The van der Waals surface area contributed by atoms with Gasteiger partial charge in [-0.2, -0.15) is 4.31 Å². The Morgan fingerprint density at radius 2 is 2.19 bits per heavy atom. The number of methoxy groups -OCH3 is 1. The van der Waals surface area contributed by atoms with Gasteiger partial charge in [-0.3, -0.25) is 0 Å². The van der Waals surface area contributed by atoms with Crippen molar-refractivity contribution in [1.82, 2.24) is 9.62 Å². The molecule has 6 heteroatoms. The van der Waals surface area contributed by atoms with Crippen LogP contribution in [0.1, 0.15) is 6.42 Å². The molecule has 0 fully saturated rings. The molecule has 0 rings (SSSR count). The maximum atomic E-state index is 11.9. The zero-order valence-corrected chi connectivity index (χ0v) is 10.9. The number of hydrogen-bond acceptors (Lipinski definition) is 4. The molecule has 0 radical (unpaired) electrons. The Morgan fingerprint density at radius 1 is 1.50 bits per heavy atom. The molecular formula is C10H22N2O3S. The van der Waals surface area contributed by atoms with Crippen molar-refractivity contribution in [2.75, 3.05) is 46.2 Å². The number of nitrogens with one attached hydrogen (secondary N) is 1. The molecular weight excluding hydrogens is 228 g/mol. The molecule has 16 heavy (non-hydrogen) atoms. The second-order valence-corrected chi connectivity index (χ2v) is 5.50. The summed E-state index contributed by atoms with van der Waals surface area (Å²) < 4.78 is 30.1. The van der Waals surface area contributed by atoms with Gasteiger partial charge in [-0.25, -0.2) is 8.42 Å². The Labute approximate surface area is 98.5 Å². The van der Waals surface area contributed by atoms with E-state index in [1.807, 2.05) is 0 Å². The molecule has 0 aromatic carbocycles. The average Bonchev–Trinajstić information content (AvgIpc) is 2.24. The second kappa shape index (κ2) is 8.69. The van der Waals surface area contributed by atoms with Gasteiger partial charge in [0.1, 0.15) is 0 Å². The zero-order chi connectivity index (χ0) is 12.4. The highest BCUT2D eigenvalue weighted by Crippen LogP contribution is 2.03. The van der Waals surface area contributed by atoms with Gasteiger partial charge >= 0.3 is 0 Å². The third-order valence-electron chi connectivity index (χ3n) is 2.10. The molecule has 96 valence electrons. The van der Waals surface area contributed by atoms with Crippen molar-refractivity contribution in [2.45, 2.75) is 6.42 Å². The lowest BCUT2D eigenvalue weighted by molar-refractivity contribution is 0.182. The minimum absolute atomic E-state index is 0.158. The molecule has 0 aromatic rings. The number of nitrogens with zero attached hydrogens (tertiary/aromatic N) is 1. The molecule has 0 bridgehead atoms. The van der Waals surface area contributed by atoms with E-state index < -0.39 is 10.0 Å². The molecule has 0 aliphatic rings. The summed E-state index contributed by atoms with van der Waals surface area (Å²) in [6, 6.07) is 0. The van der Waals surface area contributed by atoms with Crippen LogP contribution in [0.4, 0.5) is 0 Å². The Hall–Kier alpha value is -0.430. The van der Waals surface area contributed by atoms with E-state index in [0.717, 1.165) is 0 Å². The van der Waals surface area contributed by atoms with Crippen molar-refractivity contribution in [3.05, 3.63) is 12.7 Å². The lowest BCUT2D eigenvalue weighted by atomic mass is 10.5. The topological polar surface area (TPSA) is 58.6 Å². The van der Waals surface area contributed by atoms with E-state index in [9.17, 15) is 8.42 Å². The van der Waals surface area contributed by atoms with Crippen molar-refractivity contribution < 1.29 is 13.2 Å². The molecule has 5 nitrogen and oxygen atoms in total. The first-order valence-electron chi connectivity index (χ1n) is 5.30. The summed E-state index contributed by atoms with van der Waals surface area (Å²) in [5.74, 6) is 0.158. The van der Waals surface area contributed by atoms with Crippen LogP contribution in [0.3, 0.4) is 0 Å². The molecule has 0 aromatic heterocycles. The van der Waals surface area contributed by atoms with Gasteiger partial charge in [0.2, 0.25) is 10.0 Å². The number of ether oxygens (including phenoxy) is 1. The quantitative estimate of drug-likeness (QED) is 0.440. The lowest BCUT2D eigenvalue weighted by Gasteiger charge is -2.20. The van der Waals surface area contributed by atoms with E-state index in [1.165, 1.54) is 4.31 Å². The van der Waals surface area contributed by atoms with Crippen molar-refractivity contribution >= 4 is 10.0 Å². The molecule has 1 N–H and O–H groups in total. The van der Waals surface area contributed by atoms with Crippen LogP contribution in [0.5, 0.6) is 0 Å². The molecule has 0 heterocycles. The fourth-order valence-corrected chi connectivity index (χ4v) is 2.69. The number of rotatable bonds is 10. The van der Waals surface area contributed by atoms with Crippen LogP contribution in [0.2, 0.25) is 0 Å². The Balaban J connectivity index is 4.30. The van der Waals surface area contributed by atoms with Crippen LogP contribution in [-0.2, 0) is 14.8 Å². The largest absolute Gasteiger partial charge is 0.383 e. The second-order valence-electron chi connectivity index (χ2n) is 3.41. The first-order chi connectivity index (χ1) is 7.58. The summed E-state index contributed by atoms with van der Waals surface area (Å²) in [5.41, 5.74) is 0. The zero-order valence-electron chi connectivity index (χ0n) is 10.1. The maximum absolute atomic E-state index is 11.9. The van der Waals surface area contributed by atoms with E-state index in [4.69, 9.17) is 4.74 Å². The van der Waals surface area contributed by atoms with Gasteiger partial charge in [0.15, 0.2) is 0 Å². The lowest BCUT2D eigenvalue weighted by Crippen LogP contribution is -2.36. The van der Waals surface area contributed by atoms with Crippen LogP contribution >= 0.6 is 0 Å². The summed E-state index contributed by atoms with van der Waals surface area (Å²) >= 11 is 0. The van der Waals surface area contributed by atoms with E-state index in [0.29, 0.717) is 32.7 Å². The predicted octanol–water partition coefficient (Wildman–Crippen LogP) is 0.0601. The number of sulfonamides is 1. The average molecular weight is 250 g/mol. The van der Waals surface area contributed by atoms with E-state index >= 15 is 0 Å². The molecule has 0 amide bonds. The highest BCUT2D eigenvalue weighted by molar-refractivity contribution is 7.89. The molecule has 0 aliphatic carbocycles. The standard InChI is InChI=1S/C10H22N2O3S/c1-4-7-12(8-9-15-3)16(13,14)10-5-6-11-2/h4,11H,1,5-10H2,2-3H3. The third kappa shape index (κ3) is 6.22. The van der Waals surface area contributed by atoms with Crippen molar-refractivity contribution in [3.8, 4) is 0 Å². The summed E-state index contributed by atoms with van der Waals surface area (Å²) in [7, 11) is 0.173.